The first-order valence-electron chi connectivity index (χ1n) is 3.87. The molecule has 5 heteroatoms. The Morgan fingerprint density at radius 1 is 1.29 bits per heavy atom. The van der Waals surface area contributed by atoms with Gasteiger partial charge in [-0.3, -0.25) is 9.59 Å². The van der Waals surface area contributed by atoms with E-state index in [1.165, 1.54) is 6.07 Å². The van der Waals surface area contributed by atoms with Crippen molar-refractivity contribution in [2.24, 2.45) is 11.5 Å². The van der Waals surface area contributed by atoms with Crippen molar-refractivity contribution in [2.75, 3.05) is 0 Å². The van der Waals surface area contributed by atoms with Crippen molar-refractivity contribution in [1.82, 2.24) is 0 Å². The van der Waals surface area contributed by atoms with Crippen LogP contribution in [-0.2, 0) is 11.2 Å². The van der Waals surface area contributed by atoms with E-state index in [4.69, 9.17) is 11.5 Å². The van der Waals surface area contributed by atoms with E-state index in [2.05, 4.69) is 0 Å². The molecule has 4 nitrogen and oxygen atoms in total. The number of hydrogen-bond acceptors (Lipinski definition) is 2. The van der Waals surface area contributed by atoms with Gasteiger partial charge in [0, 0.05) is 5.56 Å². The lowest BCUT2D eigenvalue weighted by molar-refractivity contribution is -0.117. The molecular formula is C9H9FN2O2. The highest BCUT2D eigenvalue weighted by atomic mass is 19.1. The summed E-state index contributed by atoms with van der Waals surface area (Å²) in [5.41, 5.74) is 10.3. The third kappa shape index (κ3) is 2.29. The first-order chi connectivity index (χ1) is 6.50. The first kappa shape index (κ1) is 10.2. The quantitative estimate of drug-likeness (QED) is 0.710. The molecule has 0 aromatic heterocycles. The number of carbonyl (C=O) groups is 2. The molecule has 0 aliphatic heterocycles. The summed E-state index contributed by atoms with van der Waals surface area (Å²) in [6, 6.07) is 3.45. The smallest absolute Gasteiger partial charge is 0.249 e. The molecule has 0 saturated carbocycles. The van der Waals surface area contributed by atoms with Crippen LogP contribution in [0.5, 0.6) is 0 Å². The molecule has 0 aliphatic rings. The number of nitrogens with two attached hydrogens (primary N) is 2. The monoisotopic (exact) mass is 196 g/mol. The summed E-state index contributed by atoms with van der Waals surface area (Å²) < 4.78 is 12.7. The maximum atomic E-state index is 12.7. The zero-order chi connectivity index (χ0) is 10.7. The lowest BCUT2D eigenvalue weighted by Crippen LogP contribution is -2.19. The third-order valence-electron chi connectivity index (χ3n) is 1.70. The van der Waals surface area contributed by atoms with Crippen molar-refractivity contribution < 1.29 is 14.0 Å². The Bertz CT molecular complexity index is 390. The van der Waals surface area contributed by atoms with Gasteiger partial charge < -0.3 is 11.5 Å². The number of carbonyl (C=O) groups excluding carboxylic acids is 2. The van der Waals surface area contributed by atoms with E-state index in [1.807, 2.05) is 0 Å². The fraction of sp³-hybridized carbons (Fsp3) is 0.111. The molecule has 14 heavy (non-hydrogen) atoms. The largest absolute Gasteiger partial charge is 0.369 e. The normalized spacial score (nSPS) is 9.79. The number of rotatable bonds is 3. The first-order valence-corrected chi connectivity index (χ1v) is 3.87. The van der Waals surface area contributed by atoms with Crippen molar-refractivity contribution in [1.29, 1.82) is 0 Å². The fourth-order valence-corrected chi connectivity index (χ4v) is 1.12. The molecule has 1 aromatic carbocycles. The van der Waals surface area contributed by atoms with Gasteiger partial charge in [0.2, 0.25) is 11.8 Å². The highest BCUT2D eigenvalue weighted by molar-refractivity contribution is 5.95. The number of benzene rings is 1. The lowest BCUT2D eigenvalue weighted by Gasteiger charge is -2.03. The Balaban J connectivity index is 3.14. The van der Waals surface area contributed by atoms with Crippen LogP contribution in [0.25, 0.3) is 0 Å². The van der Waals surface area contributed by atoms with Crippen molar-refractivity contribution in [3.63, 3.8) is 0 Å². The van der Waals surface area contributed by atoms with E-state index < -0.39 is 17.6 Å². The minimum absolute atomic E-state index is 0.0104. The molecule has 2 amide bonds. The van der Waals surface area contributed by atoms with E-state index in [9.17, 15) is 14.0 Å². The zero-order valence-corrected chi connectivity index (χ0v) is 7.29. The van der Waals surface area contributed by atoms with E-state index in [0.717, 1.165) is 12.1 Å². The third-order valence-corrected chi connectivity index (χ3v) is 1.70. The van der Waals surface area contributed by atoms with Gasteiger partial charge >= 0.3 is 0 Å². The van der Waals surface area contributed by atoms with Gasteiger partial charge in [-0.05, 0) is 17.7 Å². The van der Waals surface area contributed by atoms with Crippen molar-refractivity contribution >= 4 is 11.8 Å². The number of halogens is 1. The Morgan fingerprint density at radius 2 is 1.93 bits per heavy atom. The van der Waals surface area contributed by atoms with Gasteiger partial charge in [0.15, 0.2) is 0 Å². The van der Waals surface area contributed by atoms with Crippen LogP contribution in [0.4, 0.5) is 4.39 Å². The summed E-state index contributed by atoms with van der Waals surface area (Å²) in [5, 5.41) is 0. The van der Waals surface area contributed by atoms with Crippen LogP contribution < -0.4 is 11.5 Å². The van der Waals surface area contributed by atoms with Gasteiger partial charge in [0.1, 0.15) is 5.82 Å². The maximum Gasteiger partial charge on any atom is 0.249 e. The predicted octanol–water partition coefficient (Wildman–Crippen LogP) is -0.0476. The van der Waals surface area contributed by atoms with Gasteiger partial charge in [-0.2, -0.15) is 0 Å². The molecule has 0 atom stereocenters. The molecule has 1 rings (SSSR count). The van der Waals surface area contributed by atoms with Crippen LogP contribution in [0, 0.1) is 5.82 Å². The SMILES string of the molecule is NC(=O)Cc1ccc(F)cc1C(N)=O. The molecule has 0 heterocycles. The Hall–Kier alpha value is -1.91. The second kappa shape index (κ2) is 3.87. The summed E-state index contributed by atoms with van der Waals surface area (Å²) in [4.78, 5) is 21.5. The highest BCUT2D eigenvalue weighted by Gasteiger charge is 2.10. The summed E-state index contributed by atoms with van der Waals surface area (Å²) in [7, 11) is 0. The minimum atomic E-state index is -0.777. The van der Waals surface area contributed by atoms with E-state index in [1.54, 1.807) is 0 Å². The molecule has 4 N–H and O–H groups in total. The lowest BCUT2D eigenvalue weighted by atomic mass is 10.0. The molecule has 0 bridgehead atoms. The van der Waals surface area contributed by atoms with Gasteiger partial charge in [0.25, 0.3) is 0 Å². The van der Waals surface area contributed by atoms with Crippen LogP contribution in [0.2, 0.25) is 0 Å². The Labute approximate surface area is 79.7 Å². The molecule has 0 fully saturated rings. The van der Waals surface area contributed by atoms with Crippen LogP contribution >= 0.6 is 0 Å². The van der Waals surface area contributed by atoms with E-state index >= 15 is 0 Å². The second-order valence-corrected chi connectivity index (χ2v) is 2.81. The number of amides is 2. The standard InChI is InChI=1S/C9H9FN2O2/c10-6-2-1-5(3-8(11)13)7(4-6)9(12)14/h1-2,4H,3H2,(H2,11,13)(H2,12,14). The minimum Gasteiger partial charge on any atom is -0.369 e. The average molecular weight is 196 g/mol. The van der Waals surface area contributed by atoms with Crippen molar-refractivity contribution in [3.05, 3.63) is 35.1 Å². The van der Waals surface area contributed by atoms with Crippen LogP contribution in [0.1, 0.15) is 15.9 Å². The summed E-state index contributed by atoms with van der Waals surface area (Å²) in [6.45, 7) is 0. The van der Waals surface area contributed by atoms with E-state index in [0.29, 0.717) is 5.56 Å². The number of primary amides is 2. The molecule has 0 unspecified atom stereocenters. The van der Waals surface area contributed by atoms with Gasteiger partial charge in [-0.25, -0.2) is 4.39 Å². The average Bonchev–Trinajstić information content (AvgIpc) is 2.07. The molecule has 0 spiro atoms. The van der Waals surface area contributed by atoms with Crippen molar-refractivity contribution in [2.45, 2.75) is 6.42 Å². The van der Waals surface area contributed by atoms with Crippen molar-refractivity contribution in [3.8, 4) is 0 Å². The molecule has 0 saturated heterocycles. The van der Waals surface area contributed by atoms with Crippen LogP contribution in [0.15, 0.2) is 18.2 Å². The molecule has 0 aliphatic carbocycles. The highest BCUT2D eigenvalue weighted by Crippen LogP contribution is 2.11. The summed E-state index contributed by atoms with van der Waals surface area (Å²) >= 11 is 0. The Kier molecular flexibility index (Phi) is 2.81. The zero-order valence-electron chi connectivity index (χ0n) is 7.29. The van der Waals surface area contributed by atoms with Gasteiger partial charge in [-0.1, -0.05) is 6.07 Å². The van der Waals surface area contributed by atoms with Crippen LogP contribution in [0.3, 0.4) is 0 Å². The fourth-order valence-electron chi connectivity index (χ4n) is 1.12. The van der Waals surface area contributed by atoms with Gasteiger partial charge in [-0.15, -0.1) is 0 Å². The number of hydrogen-bond donors (Lipinski definition) is 2. The maximum absolute atomic E-state index is 12.7. The second-order valence-electron chi connectivity index (χ2n) is 2.81. The predicted molar refractivity (Wildman–Crippen MR) is 47.8 cm³/mol. The molecule has 1 aromatic rings. The van der Waals surface area contributed by atoms with E-state index in [-0.39, 0.29) is 12.0 Å². The summed E-state index contributed by atoms with van der Waals surface area (Å²) in [5.74, 6) is -1.95. The molecule has 0 radical (unpaired) electrons. The van der Waals surface area contributed by atoms with Crippen LogP contribution in [-0.4, -0.2) is 11.8 Å². The molecular weight excluding hydrogens is 187 g/mol. The van der Waals surface area contributed by atoms with Gasteiger partial charge in [0.05, 0.1) is 6.42 Å². The topological polar surface area (TPSA) is 86.2 Å². The Morgan fingerprint density at radius 3 is 2.43 bits per heavy atom. The summed E-state index contributed by atoms with van der Waals surface area (Å²) in [6.07, 6.45) is -0.126. The molecule has 74 valence electrons.